The third-order valence-electron chi connectivity index (χ3n) is 3.42. The van der Waals surface area contributed by atoms with Gasteiger partial charge in [-0.1, -0.05) is 11.6 Å². The summed E-state index contributed by atoms with van der Waals surface area (Å²) in [5.74, 6) is -2.96. The van der Waals surface area contributed by atoms with Crippen molar-refractivity contribution in [2.45, 2.75) is 26.4 Å². The van der Waals surface area contributed by atoms with Crippen LogP contribution in [0.2, 0.25) is 0 Å². The Labute approximate surface area is 116 Å². The summed E-state index contributed by atoms with van der Waals surface area (Å²) in [5.41, 5.74) is 0.465. The zero-order valence-corrected chi connectivity index (χ0v) is 11.3. The Morgan fingerprint density at radius 1 is 1.10 bits per heavy atom. The number of hydrogen-bond donors (Lipinski definition) is 3. The molecule has 0 saturated heterocycles. The van der Waals surface area contributed by atoms with Gasteiger partial charge in [-0.3, -0.25) is 9.59 Å². The van der Waals surface area contributed by atoms with Gasteiger partial charge in [0.1, 0.15) is 17.6 Å². The van der Waals surface area contributed by atoms with Gasteiger partial charge in [-0.15, -0.1) is 0 Å². The summed E-state index contributed by atoms with van der Waals surface area (Å²) in [5, 5.41) is 29.4. The fourth-order valence-corrected chi connectivity index (χ4v) is 2.34. The fraction of sp³-hybridized carbons (Fsp3) is 0.333. The highest BCUT2D eigenvalue weighted by Gasteiger charge is 2.42. The van der Waals surface area contributed by atoms with E-state index >= 15 is 0 Å². The number of rotatable bonds is 2. The molecule has 0 spiro atoms. The van der Waals surface area contributed by atoms with Crippen molar-refractivity contribution >= 4 is 11.6 Å². The molecule has 2 atom stereocenters. The molecule has 0 bridgehead atoms. The van der Waals surface area contributed by atoms with Crippen LogP contribution >= 0.6 is 0 Å². The number of benzene rings is 1. The minimum Gasteiger partial charge on any atom is -0.507 e. The van der Waals surface area contributed by atoms with Gasteiger partial charge in [-0.05, 0) is 32.4 Å². The van der Waals surface area contributed by atoms with E-state index in [2.05, 4.69) is 0 Å². The molecule has 3 N–H and O–H groups in total. The van der Waals surface area contributed by atoms with E-state index in [0.717, 1.165) is 17.7 Å². The lowest BCUT2D eigenvalue weighted by Gasteiger charge is -2.27. The number of aliphatic hydroxyl groups is 1. The van der Waals surface area contributed by atoms with Gasteiger partial charge in [0.2, 0.25) is 0 Å². The van der Waals surface area contributed by atoms with Crippen LogP contribution < -0.4 is 0 Å². The quantitative estimate of drug-likeness (QED) is 0.565. The number of aromatic hydroxyl groups is 2. The molecule has 0 amide bonds. The Morgan fingerprint density at radius 3 is 2.10 bits per heavy atom. The number of fused-ring (bicyclic) bond motifs is 1. The normalized spacial score (nSPS) is 21.6. The number of carbonyl (C=O) groups excluding carboxylic acids is 2. The van der Waals surface area contributed by atoms with Crippen molar-refractivity contribution in [2.24, 2.45) is 5.92 Å². The molecule has 0 radical (unpaired) electrons. The molecule has 20 heavy (non-hydrogen) atoms. The van der Waals surface area contributed by atoms with Crippen LogP contribution in [0, 0.1) is 5.92 Å². The van der Waals surface area contributed by atoms with Crippen LogP contribution in [0.25, 0.3) is 0 Å². The van der Waals surface area contributed by atoms with Crippen molar-refractivity contribution in [1.82, 2.24) is 0 Å². The lowest BCUT2D eigenvalue weighted by molar-refractivity contribution is 0.0499. The van der Waals surface area contributed by atoms with Gasteiger partial charge in [-0.2, -0.15) is 0 Å². The lowest BCUT2D eigenvalue weighted by Crippen LogP contribution is -2.40. The summed E-state index contributed by atoms with van der Waals surface area (Å²) in [4.78, 5) is 24.4. The van der Waals surface area contributed by atoms with E-state index in [1.54, 1.807) is 6.08 Å². The summed E-state index contributed by atoms with van der Waals surface area (Å²) in [6, 6.07) is 2.29. The zero-order chi connectivity index (χ0) is 15.0. The second kappa shape index (κ2) is 5.09. The molecular weight excluding hydrogens is 260 g/mol. The first-order chi connectivity index (χ1) is 9.34. The number of carbonyl (C=O) groups is 2. The summed E-state index contributed by atoms with van der Waals surface area (Å²) in [6.07, 6.45) is 0.463. The first-order valence-corrected chi connectivity index (χ1v) is 6.29. The molecule has 5 heteroatoms. The third kappa shape index (κ3) is 2.20. The average molecular weight is 276 g/mol. The Balaban J connectivity index is 2.54. The highest BCUT2D eigenvalue weighted by molar-refractivity contribution is 6.19. The first-order valence-electron chi connectivity index (χ1n) is 6.29. The van der Waals surface area contributed by atoms with Crippen LogP contribution in [0.3, 0.4) is 0 Å². The van der Waals surface area contributed by atoms with E-state index in [9.17, 15) is 24.9 Å². The van der Waals surface area contributed by atoms with Gasteiger partial charge in [-0.25, -0.2) is 0 Å². The molecule has 0 fully saturated rings. The predicted molar refractivity (Wildman–Crippen MR) is 72.0 cm³/mol. The first kappa shape index (κ1) is 14.3. The second-order valence-corrected chi connectivity index (χ2v) is 5.15. The molecule has 0 heterocycles. The van der Waals surface area contributed by atoms with E-state index < -0.39 is 29.3 Å². The number of allylic oxidation sites excluding steroid dienone is 2. The van der Waals surface area contributed by atoms with Gasteiger partial charge < -0.3 is 15.3 Å². The van der Waals surface area contributed by atoms with Gasteiger partial charge in [0, 0.05) is 0 Å². The van der Waals surface area contributed by atoms with E-state index in [4.69, 9.17) is 0 Å². The molecule has 2 rings (SSSR count). The molecule has 1 aromatic rings. The summed E-state index contributed by atoms with van der Waals surface area (Å²) < 4.78 is 0. The Morgan fingerprint density at radius 2 is 1.60 bits per heavy atom. The molecular formula is C15H16O5. The molecule has 2 unspecified atom stereocenters. The van der Waals surface area contributed by atoms with Crippen LogP contribution in [0.5, 0.6) is 11.5 Å². The van der Waals surface area contributed by atoms with Crippen LogP contribution in [0.4, 0.5) is 0 Å². The maximum absolute atomic E-state index is 12.3. The van der Waals surface area contributed by atoms with E-state index in [1.165, 1.54) is 0 Å². The number of phenolic OH excluding ortho intramolecular Hbond substituents is 2. The maximum Gasteiger partial charge on any atom is 0.196 e. The number of phenols is 2. The van der Waals surface area contributed by atoms with Crippen molar-refractivity contribution in [3.63, 3.8) is 0 Å². The molecule has 0 aromatic heterocycles. The Hall–Kier alpha value is -2.14. The van der Waals surface area contributed by atoms with Gasteiger partial charge in [0.05, 0.1) is 17.0 Å². The molecule has 0 aliphatic heterocycles. The summed E-state index contributed by atoms with van der Waals surface area (Å²) in [6.45, 7) is 3.69. The molecule has 1 aliphatic carbocycles. The Bertz CT molecular complexity index is 611. The monoisotopic (exact) mass is 276 g/mol. The lowest BCUT2D eigenvalue weighted by atomic mass is 9.77. The smallest absolute Gasteiger partial charge is 0.196 e. The van der Waals surface area contributed by atoms with Gasteiger partial charge >= 0.3 is 0 Å². The van der Waals surface area contributed by atoms with E-state index in [0.29, 0.717) is 0 Å². The highest BCUT2D eigenvalue weighted by Crippen LogP contribution is 2.38. The highest BCUT2D eigenvalue weighted by atomic mass is 16.3. The van der Waals surface area contributed by atoms with Crippen molar-refractivity contribution in [1.29, 1.82) is 0 Å². The van der Waals surface area contributed by atoms with Crippen LogP contribution in [0.15, 0.2) is 23.8 Å². The van der Waals surface area contributed by atoms with Crippen molar-refractivity contribution in [3.05, 3.63) is 34.9 Å². The number of ketones is 2. The number of hydrogen-bond acceptors (Lipinski definition) is 5. The number of Topliss-reactive ketones (excluding diaryl/α,β-unsaturated/α-hetero) is 2. The minimum atomic E-state index is -1.50. The topological polar surface area (TPSA) is 94.8 Å². The SMILES string of the molecule is CC(C)=CCC1C(=O)c2c(O)ccc(O)c2C(=O)C1O. The number of aliphatic hydroxyl groups excluding tert-OH is 1. The molecule has 1 aliphatic rings. The molecule has 106 valence electrons. The Kier molecular flexibility index (Phi) is 3.63. The minimum absolute atomic E-state index is 0.201. The largest absolute Gasteiger partial charge is 0.507 e. The maximum atomic E-state index is 12.3. The predicted octanol–water partition coefficient (Wildman–Crippen LogP) is 1.81. The second-order valence-electron chi connectivity index (χ2n) is 5.15. The van der Waals surface area contributed by atoms with Gasteiger partial charge in [0.15, 0.2) is 11.6 Å². The van der Waals surface area contributed by atoms with Crippen molar-refractivity contribution in [2.75, 3.05) is 0 Å². The van der Waals surface area contributed by atoms with E-state index in [-0.39, 0.29) is 23.3 Å². The summed E-state index contributed by atoms with van der Waals surface area (Å²) >= 11 is 0. The molecule has 0 saturated carbocycles. The van der Waals surface area contributed by atoms with Crippen LogP contribution in [-0.4, -0.2) is 33.0 Å². The third-order valence-corrected chi connectivity index (χ3v) is 3.42. The molecule has 1 aromatic carbocycles. The van der Waals surface area contributed by atoms with Crippen LogP contribution in [-0.2, 0) is 0 Å². The van der Waals surface area contributed by atoms with E-state index in [1.807, 2.05) is 13.8 Å². The van der Waals surface area contributed by atoms with Crippen LogP contribution in [0.1, 0.15) is 41.0 Å². The van der Waals surface area contributed by atoms with Crippen molar-refractivity contribution < 1.29 is 24.9 Å². The molecule has 5 nitrogen and oxygen atoms in total. The van der Waals surface area contributed by atoms with Crippen molar-refractivity contribution in [3.8, 4) is 11.5 Å². The van der Waals surface area contributed by atoms with Gasteiger partial charge in [0.25, 0.3) is 0 Å². The summed E-state index contributed by atoms with van der Waals surface area (Å²) in [7, 11) is 0. The standard InChI is InChI=1S/C15H16O5/c1-7(2)3-4-8-13(18)11-9(16)5-6-10(17)12(11)15(20)14(8)19/h3,5-6,8,14,16-17,19H,4H2,1-2H3. The zero-order valence-electron chi connectivity index (χ0n) is 11.3. The fourth-order valence-electron chi connectivity index (χ4n) is 2.34. The average Bonchev–Trinajstić information content (AvgIpc) is 2.38.